The Morgan fingerprint density at radius 1 is 1.00 bits per heavy atom. The Hall–Kier alpha value is -2.17. The van der Waals surface area contributed by atoms with Crippen LogP contribution >= 0.6 is 0 Å². The van der Waals surface area contributed by atoms with Gasteiger partial charge in [0.05, 0.1) is 19.6 Å². The molecule has 0 radical (unpaired) electrons. The van der Waals surface area contributed by atoms with E-state index < -0.39 is 0 Å². The summed E-state index contributed by atoms with van der Waals surface area (Å²) in [6.07, 6.45) is 0.0938. The molecule has 21 heavy (non-hydrogen) atoms. The third-order valence-corrected chi connectivity index (χ3v) is 3.30. The molecule has 2 aromatic rings. The summed E-state index contributed by atoms with van der Waals surface area (Å²) in [4.78, 5) is 12.0. The predicted molar refractivity (Wildman–Crippen MR) is 79.9 cm³/mol. The number of anilines is 1. The predicted octanol–water partition coefficient (Wildman–Crippen LogP) is 2.91. The lowest BCUT2D eigenvalue weighted by molar-refractivity contribution is -0.115. The number of hydrogen-bond donors (Lipinski definition) is 1. The van der Waals surface area contributed by atoms with Gasteiger partial charge in [0.2, 0.25) is 5.91 Å². The highest BCUT2D eigenvalue weighted by atomic mass is 16.7. The third-order valence-electron chi connectivity index (χ3n) is 3.30. The number of benzene rings is 2. The van der Waals surface area contributed by atoms with Crippen LogP contribution in [0.5, 0.6) is 0 Å². The first-order valence-electron chi connectivity index (χ1n) is 6.98. The van der Waals surface area contributed by atoms with Gasteiger partial charge >= 0.3 is 0 Å². The van der Waals surface area contributed by atoms with Crippen molar-refractivity contribution in [2.75, 3.05) is 18.5 Å². The molecule has 1 aliphatic rings. The molecule has 0 aliphatic carbocycles. The number of hydrogen-bond acceptors (Lipinski definition) is 3. The molecule has 4 nitrogen and oxygen atoms in total. The Bertz CT molecular complexity index is 589. The second-order valence-corrected chi connectivity index (χ2v) is 4.91. The average molecular weight is 283 g/mol. The smallest absolute Gasteiger partial charge is 0.228 e. The summed E-state index contributed by atoms with van der Waals surface area (Å²) < 4.78 is 10.9. The molecule has 0 aromatic heterocycles. The minimum atomic E-state index is -0.279. The maximum atomic E-state index is 12.0. The largest absolute Gasteiger partial charge is 0.346 e. The van der Waals surface area contributed by atoms with Gasteiger partial charge in [-0.25, -0.2) is 0 Å². The van der Waals surface area contributed by atoms with Gasteiger partial charge in [-0.3, -0.25) is 4.79 Å². The van der Waals surface area contributed by atoms with Gasteiger partial charge < -0.3 is 14.8 Å². The maximum Gasteiger partial charge on any atom is 0.228 e. The van der Waals surface area contributed by atoms with Crippen LogP contribution in [0.4, 0.5) is 5.69 Å². The second-order valence-electron chi connectivity index (χ2n) is 4.91. The zero-order chi connectivity index (χ0) is 14.5. The zero-order valence-electron chi connectivity index (χ0n) is 11.6. The van der Waals surface area contributed by atoms with Crippen molar-refractivity contribution < 1.29 is 14.3 Å². The Labute approximate surface area is 123 Å². The molecule has 1 heterocycles. The first-order chi connectivity index (χ1) is 10.3. The quantitative estimate of drug-likeness (QED) is 0.938. The molecule has 4 heteroatoms. The number of carbonyl (C=O) groups excluding carboxylic acids is 1. The minimum absolute atomic E-state index is 0.0256. The van der Waals surface area contributed by atoms with Gasteiger partial charge in [0.1, 0.15) is 0 Å². The molecule has 1 fully saturated rings. The van der Waals surface area contributed by atoms with Crippen LogP contribution in [0.1, 0.15) is 17.4 Å². The van der Waals surface area contributed by atoms with Crippen LogP contribution in [-0.4, -0.2) is 19.1 Å². The van der Waals surface area contributed by atoms with Crippen LogP contribution in [0.2, 0.25) is 0 Å². The molecule has 1 amide bonds. The Morgan fingerprint density at radius 3 is 2.33 bits per heavy atom. The summed E-state index contributed by atoms with van der Waals surface area (Å²) in [5, 5.41) is 2.89. The van der Waals surface area contributed by atoms with Crippen LogP contribution in [0.15, 0.2) is 54.6 Å². The molecule has 0 saturated carbocycles. The highest BCUT2D eigenvalue weighted by Gasteiger charge is 2.17. The molecule has 2 aromatic carbocycles. The molecule has 0 unspecified atom stereocenters. The highest BCUT2D eigenvalue weighted by molar-refractivity contribution is 5.92. The molecule has 3 rings (SSSR count). The first kappa shape index (κ1) is 13.8. The van der Waals surface area contributed by atoms with Gasteiger partial charge in [-0.05, 0) is 17.7 Å². The summed E-state index contributed by atoms with van der Waals surface area (Å²) >= 11 is 0. The normalized spacial score (nSPS) is 15.0. The average Bonchev–Trinajstić information content (AvgIpc) is 3.03. The fraction of sp³-hybridized carbons (Fsp3) is 0.235. The van der Waals surface area contributed by atoms with Crippen LogP contribution in [0.25, 0.3) is 0 Å². The van der Waals surface area contributed by atoms with Crippen molar-refractivity contribution in [2.24, 2.45) is 0 Å². The van der Waals surface area contributed by atoms with E-state index in [4.69, 9.17) is 9.47 Å². The molecule has 1 saturated heterocycles. The Morgan fingerprint density at radius 2 is 1.67 bits per heavy atom. The molecule has 0 bridgehead atoms. The molecule has 0 atom stereocenters. The van der Waals surface area contributed by atoms with E-state index in [0.717, 1.165) is 16.8 Å². The van der Waals surface area contributed by atoms with Crippen molar-refractivity contribution in [2.45, 2.75) is 12.7 Å². The van der Waals surface area contributed by atoms with Crippen molar-refractivity contribution in [3.8, 4) is 0 Å². The minimum Gasteiger partial charge on any atom is -0.346 e. The maximum absolute atomic E-state index is 12.0. The van der Waals surface area contributed by atoms with Crippen molar-refractivity contribution >= 4 is 11.6 Å². The van der Waals surface area contributed by atoms with E-state index in [2.05, 4.69) is 5.32 Å². The van der Waals surface area contributed by atoms with E-state index in [1.165, 1.54) is 0 Å². The van der Waals surface area contributed by atoms with E-state index in [1.54, 1.807) is 0 Å². The Kier molecular flexibility index (Phi) is 4.28. The molecule has 108 valence electrons. The summed E-state index contributed by atoms with van der Waals surface area (Å²) in [5.41, 5.74) is 2.74. The number of carbonyl (C=O) groups is 1. The highest BCUT2D eigenvalue weighted by Crippen LogP contribution is 2.24. The summed E-state index contributed by atoms with van der Waals surface area (Å²) in [7, 11) is 0. The summed E-state index contributed by atoms with van der Waals surface area (Å²) in [6, 6.07) is 17.2. The number of amides is 1. The number of nitrogens with one attached hydrogen (secondary N) is 1. The number of ether oxygens (including phenoxy) is 2. The Balaban J connectivity index is 1.58. The van der Waals surface area contributed by atoms with Crippen molar-refractivity contribution in [3.63, 3.8) is 0 Å². The second kappa shape index (κ2) is 6.52. The van der Waals surface area contributed by atoms with E-state index >= 15 is 0 Å². The van der Waals surface area contributed by atoms with Gasteiger partial charge in [0, 0.05) is 11.3 Å². The molecule has 1 N–H and O–H groups in total. The van der Waals surface area contributed by atoms with Crippen molar-refractivity contribution in [3.05, 3.63) is 65.7 Å². The van der Waals surface area contributed by atoms with Crippen molar-refractivity contribution in [1.82, 2.24) is 0 Å². The lowest BCUT2D eigenvalue weighted by Crippen LogP contribution is -2.14. The van der Waals surface area contributed by atoms with Gasteiger partial charge in [-0.15, -0.1) is 0 Å². The van der Waals surface area contributed by atoms with E-state index in [1.807, 2.05) is 54.6 Å². The first-order valence-corrected chi connectivity index (χ1v) is 6.98. The molecular formula is C17H17NO3. The molecular weight excluding hydrogens is 266 g/mol. The van der Waals surface area contributed by atoms with E-state index in [9.17, 15) is 4.79 Å². The number of rotatable bonds is 4. The lowest BCUT2D eigenvalue weighted by Gasteiger charge is -2.10. The fourth-order valence-corrected chi connectivity index (χ4v) is 2.26. The van der Waals surface area contributed by atoms with Gasteiger partial charge in [0.15, 0.2) is 6.29 Å². The lowest BCUT2D eigenvalue weighted by atomic mass is 10.1. The standard InChI is InChI=1S/C17H17NO3/c19-16(12-13-4-2-1-3-5-13)18-15-8-6-14(7-9-15)17-20-10-11-21-17/h1-9,17H,10-12H2,(H,18,19). The van der Waals surface area contributed by atoms with Gasteiger partial charge in [0.25, 0.3) is 0 Å². The summed E-state index contributed by atoms with van der Waals surface area (Å²) in [5.74, 6) is -0.0256. The zero-order valence-corrected chi connectivity index (χ0v) is 11.6. The van der Waals surface area contributed by atoms with Gasteiger partial charge in [-0.1, -0.05) is 42.5 Å². The van der Waals surface area contributed by atoms with Crippen molar-refractivity contribution in [1.29, 1.82) is 0 Å². The summed E-state index contributed by atoms with van der Waals surface area (Å²) in [6.45, 7) is 1.25. The topological polar surface area (TPSA) is 47.6 Å². The van der Waals surface area contributed by atoms with Crippen LogP contribution < -0.4 is 5.32 Å². The SMILES string of the molecule is O=C(Cc1ccccc1)Nc1ccc(C2OCCO2)cc1. The van der Waals surface area contributed by atoms with Gasteiger partial charge in [-0.2, -0.15) is 0 Å². The molecule has 1 aliphatic heterocycles. The van der Waals surface area contributed by atoms with E-state index in [0.29, 0.717) is 19.6 Å². The third kappa shape index (κ3) is 3.68. The van der Waals surface area contributed by atoms with Crippen LogP contribution in [-0.2, 0) is 20.7 Å². The molecule has 0 spiro atoms. The van der Waals surface area contributed by atoms with Crippen LogP contribution in [0.3, 0.4) is 0 Å². The van der Waals surface area contributed by atoms with Crippen LogP contribution in [0, 0.1) is 0 Å². The van der Waals surface area contributed by atoms with E-state index in [-0.39, 0.29) is 12.2 Å². The monoisotopic (exact) mass is 283 g/mol. The fourth-order valence-electron chi connectivity index (χ4n) is 2.26.